The molecule has 0 saturated carbocycles. The summed E-state index contributed by atoms with van der Waals surface area (Å²) < 4.78 is 0. The molecule has 1 heterocycles. The van der Waals surface area contributed by atoms with Gasteiger partial charge < -0.3 is 0 Å². The second-order valence-corrected chi connectivity index (χ2v) is 6.59. The summed E-state index contributed by atoms with van der Waals surface area (Å²) in [6, 6.07) is 0.373. The Kier molecular flexibility index (Phi) is 5.20. The van der Waals surface area contributed by atoms with Crippen molar-refractivity contribution < 1.29 is 0 Å². The standard InChI is InChI=1S/C20H30N2/c1-7-14(5)21-17-11-15(8-2)19-18(12-17)16(9-3)13-20(6,10-4)22-19/h11-14H,7-10H2,1-6H3. The van der Waals surface area contributed by atoms with Crippen LogP contribution < -0.4 is 0 Å². The summed E-state index contributed by atoms with van der Waals surface area (Å²) in [6.45, 7) is 13.3. The Balaban J connectivity index is 2.53. The summed E-state index contributed by atoms with van der Waals surface area (Å²) in [5.41, 5.74) is 6.31. The van der Waals surface area contributed by atoms with E-state index in [1.165, 1.54) is 22.4 Å². The number of rotatable bonds is 5. The highest BCUT2D eigenvalue weighted by Gasteiger charge is 2.30. The maximum Gasteiger partial charge on any atom is 0.0770 e. The molecule has 0 bridgehead atoms. The van der Waals surface area contributed by atoms with Crippen LogP contribution in [0.2, 0.25) is 0 Å². The largest absolute Gasteiger partial charge is 0.282 e. The fourth-order valence-corrected chi connectivity index (χ4v) is 2.96. The van der Waals surface area contributed by atoms with E-state index in [0.29, 0.717) is 6.04 Å². The van der Waals surface area contributed by atoms with E-state index in [2.05, 4.69) is 59.8 Å². The third-order valence-electron chi connectivity index (χ3n) is 4.81. The summed E-state index contributed by atoms with van der Waals surface area (Å²) in [7, 11) is 0. The molecule has 2 unspecified atom stereocenters. The predicted octanol–water partition coefficient (Wildman–Crippen LogP) is 5.46. The van der Waals surface area contributed by atoms with Crippen molar-refractivity contribution in [2.45, 2.75) is 78.8 Å². The molecule has 120 valence electrons. The molecule has 0 fully saturated rings. The number of nitrogens with zero attached hydrogens (tertiary/aromatic N) is 2. The molecule has 0 spiro atoms. The zero-order valence-electron chi connectivity index (χ0n) is 15.0. The van der Waals surface area contributed by atoms with Crippen molar-refractivity contribution in [1.82, 2.24) is 0 Å². The van der Waals surface area contributed by atoms with Crippen molar-refractivity contribution >= 4 is 11.4 Å². The third kappa shape index (κ3) is 3.31. The first-order valence-corrected chi connectivity index (χ1v) is 8.79. The van der Waals surface area contributed by atoms with Gasteiger partial charge in [0.1, 0.15) is 0 Å². The first-order chi connectivity index (χ1) is 10.5. The Bertz CT molecular complexity index is 587. The molecular weight excluding hydrogens is 268 g/mol. The Hall–Kier alpha value is -1.44. The zero-order chi connectivity index (χ0) is 16.3. The fraction of sp³-hybridized carbons (Fsp3) is 0.600. The van der Waals surface area contributed by atoms with Gasteiger partial charge in [-0.15, -0.1) is 0 Å². The highest BCUT2D eigenvalue weighted by atomic mass is 14.9. The Labute approximate surface area is 135 Å². The quantitative estimate of drug-likeness (QED) is 0.602. The zero-order valence-corrected chi connectivity index (χ0v) is 15.0. The lowest BCUT2D eigenvalue weighted by Gasteiger charge is -2.32. The second-order valence-electron chi connectivity index (χ2n) is 6.59. The van der Waals surface area contributed by atoms with Crippen molar-refractivity contribution in [3.63, 3.8) is 0 Å². The minimum absolute atomic E-state index is 0.0579. The average molecular weight is 298 g/mol. The molecule has 0 aromatic carbocycles. The minimum Gasteiger partial charge on any atom is -0.282 e. The van der Waals surface area contributed by atoms with Gasteiger partial charge in [0.05, 0.1) is 17.0 Å². The van der Waals surface area contributed by atoms with Gasteiger partial charge in [-0.1, -0.05) is 33.8 Å². The van der Waals surface area contributed by atoms with Gasteiger partial charge in [0.2, 0.25) is 0 Å². The van der Waals surface area contributed by atoms with E-state index in [1.54, 1.807) is 0 Å². The normalized spacial score (nSPS) is 27.6. The van der Waals surface area contributed by atoms with Crippen LogP contribution in [0.5, 0.6) is 0 Å². The van der Waals surface area contributed by atoms with Crippen LogP contribution in [0.3, 0.4) is 0 Å². The van der Waals surface area contributed by atoms with Crippen LogP contribution in [0.15, 0.2) is 44.9 Å². The van der Waals surface area contributed by atoms with Gasteiger partial charge in [-0.2, -0.15) is 0 Å². The molecule has 2 atom stereocenters. The highest BCUT2D eigenvalue weighted by Crippen LogP contribution is 2.35. The Morgan fingerprint density at radius 3 is 2.32 bits per heavy atom. The van der Waals surface area contributed by atoms with Crippen LogP contribution >= 0.6 is 0 Å². The van der Waals surface area contributed by atoms with E-state index in [9.17, 15) is 0 Å². The van der Waals surface area contributed by atoms with Crippen molar-refractivity contribution in [1.29, 1.82) is 0 Å². The summed E-state index contributed by atoms with van der Waals surface area (Å²) in [6.07, 6.45) is 11.0. The van der Waals surface area contributed by atoms with Crippen molar-refractivity contribution in [2.24, 2.45) is 9.98 Å². The number of fused-ring (bicyclic) bond motifs is 1. The average Bonchev–Trinajstić information content (AvgIpc) is 2.53. The first-order valence-electron chi connectivity index (χ1n) is 8.79. The van der Waals surface area contributed by atoms with E-state index >= 15 is 0 Å². The van der Waals surface area contributed by atoms with Gasteiger partial charge in [0.25, 0.3) is 0 Å². The summed E-state index contributed by atoms with van der Waals surface area (Å²) >= 11 is 0. The SMILES string of the molecule is CCC1=CC(C)(CC)N=C2C(CC)=CC(=NC(C)CC)C=C12. The topological polar surface area (TPSA) is 24.7 Å². The molecule has 0 saturated heterocycles. The van der Waals surface area contributed by atoms with Gasteiger partial charge in [-0.05, 0) is 62.8 Å². The van der Waals surface area contributed by atoms with Gasteiger partial charge in [0, 0.05) is 11.6 Å². The van der Waals surface area contributed by atoms with E-state index in [1.807, 2.05) is 0 Å². The Morgan fingerprint density at radius 2 is 1.77 bits per heavy atom. The number of hydrogen-bond donors (Lipinski definition) is 0. The molecule has 0 N–H and O–H groups in total. The fourth-order valence-electron chi connectivity index (χ4n) is 2.96. The van der Waals surface area contributed by atoms with Crippen molar-refractivity contribution in [3.8, 4) is 0 Å². The molecule has 0 aromatic rings. The lowest BCUT2D eigenvalue weighted by Crippen LogP contribution is -2.29. The van der Waals surface area contributed by atoms with Crippen LogP contribution in [-0.2, 0) is 0 Å². The van der Waals surface area contributed by atoms with Gasteiger partial charge >= 0.3 is 0 Å². The number of aliphatic imine (C=N–C) groups is 2. The summed E-state index contributed by atoms with van der Waals surface area (Å²) in [5, 5.41) is 0. The predicted molar refractivity (Wildman–Crippen MR) is 98.2 cm³/mol. The monoisotopic (exact) mass is 298 g/mol. The van der Waals surface area contributed by atoms with Gasteiger partial charge in [-0.25, -0.2) is 0 Å². The lowest BCUT2D eigenvalue weighted by atomic mass is 9.80. The molecule has 2 heteroatoms. The smallest absolute Gasteiger partial charge is 0.0770 e. The third-order valence-corrected chi connectivity index (χ3v) is 4.81. The number of allylic oxidation sites excluding steroid dienone is 5. The van der Waals surface area contributed by atoms with Crippen LogP contribution in [0.25, 0.3) is 0 Å². The Morgan fingerprint density at radius 1 is 1.09 bits per heavy atom. The van der Waals surface area contributed by atoms with Crippen molar-refractivity contribution in [2.75, 3.05) is 0 Å². The molecule has 2 nitrogen and oxygen atoms in total. The molecule has 0 radical (unpaired) electrons. The van der Waals surface area contributed by atoms with Crippen LogP contribution in [0.1, 0.15) is 67.2 Å². The molecule has 0 aromatic heterocycles. The molecule has 2 rings (SSSR count). The molecule has 22 heavy (non-hydrogen) atoms. The van der Waals surface area contributed by atoms with E-state index in [-0.39, 0.29) is 5.54 Å². The maximum absolute atomic E-state index is 5.09. The van der Waals surface area contributed by atoms with E-state index in [4.69, 9.17) is 9.98 Å². The molecule has 1 aliphatic carbocycles. The minimum atomic E-state index is -0.0579. The number of dihydropyridines is 1. The van der Waals surface area contributed by atoms with Gasteiger partial charge in [-0.3, -0.25) is 9.98 Å². The van der Waals surface area contributed by atoms with Crippen LogP contribution in [0, 0.1) is 0 Å². The lowest BCUT2D eigenvalue weighted by molar-refractivity contribution is 0.558. The van der Waals surface area contributed by atoms with E-state index in [0.717, 1.165) is 31.4 Å². The first kappa shape index (κ1) is 16.9. The van der Waals surface area contributed by atoms with Crippen molar-refractivity contribution in [3.05, 3.63) is 34.9 Å². The molecule has 0 amide bonds. The summed E-state index contributed by atoms with van der Waals surface area (Å²) in [5.74, 6) is 0. The van der Waals surface area contributed by atoms with Gasteiger partial charge in [0.15, 0.2) is 0 Å². The molecule has 1 aliphatic heterocycles. The molecule has 2 aliphatic rings. The molecular formula is C20H30N2. The number of hydrogen-bond acceptors (Lipinski definition) is 2. The van der Waals surface area contributed by atoms with Crippen LogP contribution in [0.4, 0.5) is 0 Å². The second kappa shape index (κ2) is 6.76. The maximum atomic E-state index is 5.09. The summed E-state index contributed by atoms with van der Waals surface area (Å²) in [4.78, 5) is 9.94. The van der Waals surface area contributed by atoms with Crippen LogP contribution in [-0.4, -0.2) is 23.0 Å². The highest BCUT2D eigenvalue weighted by molar-refractivity contribution is 6.26. The van der Waals surface area contributed by atoms with E-state index < -0.39 is 0 Å².